The molecule has 0 radical (unpaired) electrons. The van der Waals surface area contributed by atoms with Crippen LogP contribution in [-0.2, 0) is 9.84 Å². The van der Waals surface area contributed by atoms with E-state index in [9.17, 15) is 21.6 Å². The zero-order valence-corrected chi connectivity index (χ0v) is 11.0. The molecule has 104 valence electrons. The molecule has 1 N–H and O–H groups in total. The van der Waals surface area contributed by atoms with E-state index in [2.05, 4.69) is 5.32 Å². The van der Waals surface area contributed by atoms with Gasteiger partial charge in [-0.2, -0.15) is 13.2 Å². The summed E-state index contributed by atoms with van der Waals surface area (Å²) in [5.74, 6) is 0.0317. The van der Waals surface area contributed by atoms with E-state index < -0.39 is 27.7 Å². The second-order valence-electron chi connectivity index (χ2n) is 4.24. The number of unbranched alkanes of at least 4 members (excludes halogenated alkanes) is 1. The van der Waals surface area contributed by atoms with Crippen molar-refractivity contribution in [1.29, 1.82) is 0 Å². The summed E-state index contributed by atoms with van der Waals surface area (Å²) in [6.07, 6.45) is -4.39. The van der Waals surface area contributed by atoms with Crippen LogP contribution in [-0.4, -0.2) is 38.7 Å². The molecule has 0 spiro atoms. The van der Waals surface area contributed by atoms with E-state index >= 15 is 0 Å². The molecule has 0 heterocycles. The summed E-state index contributed by atoms with van der Waals surface area (Å²) in [4.78, 5) is 0. The molecule has 0 atom stereocenters. The van der Waals surface area contributed by atoms with Crippen molar-refractivity contribution in [2.24, 2.45) is 0 Å². The van der Waals surface area contributed by atoms with Crippen LogP contribution in [0.25, 0.3) is 0 Å². The van der Waals surface area contributed by atoms with Gasteiger partial charge in [0.1, 0.15) is 0 Å². The average molecular weight is 275 g/mol. The quantitative estimate of drug-likeness (QED) is 0.690. The molecule has 17 heavy (non-hydrogen) atoms. The van der Waals surface area contributed by atoms with Crippen molar-refractivity contribution in [3.8, 4) is 0 Å². The maximum Gasteiger partial charge on any atom is 0.389 e. The normalized spacial score (nSPS) is 13.3. The zero-order valence-electron chi connectivity index (χ0n) is 10.2. The highest BCUT2D eigenvalue weighted by Crippen LogP contribution is 2.21. The molecule has 0 aromatic rings. The van der Waals surface area contributed by atoms with Crippen molar-refractivity contribution in [3.63, 3.8) is 0 Å². The first-order valence-electron chi connectivity index (χ1n) is 5.64. The van der Waals surface area contributed by atoms with Crippen LogP contribution >= 0.6 is 0 Å². The Labute approximate surface area is 101 Å². The van der Waals surface area contributed by atoms with Crippen LogP contribution in [0, 0.1) is 0 Å². The highest BCUT2D eigenvalue weighted by atomic mass is 32.2. The van der Waals surface area contributed by atoms with Gasteiger partial charge in [0.05, 0.1) is 11.0 Å². The molecule has 0 aliphatic heterocycles. The van der Waals surface area contributed by atoms with Gasteiger partial charge in [-0.05, 0) is 33.2 Å². The van der Waals surface area contributed by atoms with E-state index in [4.69, 9.17) is 0 Å². The summed E-state index contributed by atoms with van der Waals surface area (Å²) in [5, 5.41) is 2.43. The Kier molecular flexibility index (Phi) is 7.08. The van der Waals surface area contributed by atoms with E-state index in [1.54, 1.807) is 13.8 Å². The average Bonchev–Trinajstić information content (AvgIpc) is 2.14. The third-order valence-electron chi connectivity index (χ3n) is 2.35. The maximum absolute atomic E-state index is 11.8. The number of hydrogen-bond donors (Lipinski definition) is 1. The molecule has 0 saturated carbocycles. The van der Waals surface area contributed by atoms with Crippen LogP contribution in [0.5, 0.6) is 0 Å². The fourth-order valence-corrected chi connectivity index (χ4v) is 2.05. The molecular formula is C10H20F3NO2S. The van der Waals surface area contributed by atoms with Crippen molar-refractivity contribution < 1.29 is 21.6 Å². The first-order valence-corrected chi connectivity index (χ1v) is 7.36. The number of alkyl halides is 3. The van der Waals surface area contributed by atoms with Crippen molar-refractivity contribution >= 4 is 9.84 Å². The van der Waals surface area contributed by atoms with Crippen molar-refractivity contribution in [2.75, 3.05) is 18.8 Å². The highest BCUT2D eigenvalue weighted by molar-refractivity contribution is 7.92. The highest BCUT2D eigenvalue weighted by Gasteiger charge is 2.25. The molecule has 0 rings (SSSR count). The third-order valence-corrected chi connectivity index (χ3v) is 4.56. The molecule has 0 aromatic heterocycles. The lowest BCUT2D eigenvalue weighted by Gasteiger charge is -2.09. The van der Waals surface area contributed by atoms with E-state index in [-0.39, 0.29) is 12.2 Å². The molecule has 0 saturated heterocycles. The maximum atomic E-state index is 11.8. The van der Waals surface area contributed by atoms with Crippen molar-refractivity contribution in [2.45, 2.75) is 44.5 Å². The molecule has 0 aliphatic rings. The first-order chi connectivity index (χ1) is 7.65. The van der Waals surface area contributed by atoms with Gasteiger partial charge in [0.15, 0.2) is 9.84 Å². The number of rotatable bonds is 8. The van der Waals surface area contributed by atoms with Gasteiger partial charge in [0.2, 0.25) is 0 Å². The number of halogens is 3. The number of hydrogen-bond acceptors (Lipinski definition) is 3. The number of sulfone groups is 1. The van der Waals surface area contributed by atoms with E-state index in [1.807, 2.05) is 0 Å². The third kappa shape index (κ3) is 9.41. The van der Waals surface area contributed by atoms with Crippen molar-refractivity contribution in [1.82, 2.24) is 5.32 Å². The largest absolute Gasteiger partial charge is 0.389 e. The van der Waals surface area contributed by atoms with E-state index in [0.29, 0.717) is 19.5 Å². The van der Waals surface area contributed by atoms with Gasteiger partial charge < -0.3 is 5.32 Å². The summed E-state index contributed by atoms with van der Waals surface area (Å²) < 4.78 is 58.1. The van der Waals surface area contributed by atoms with Gasteiger partial charge in [0.25, 0.3) is 0 Å². The fourth-order valence-electron chi connectivity index (χ4n) is 1.15. The molecule has 3 nitrogen and oxygen atoms in total. The Hall–Kier alpha value is -0.300. The molecule has 0 unspecified atom stereocenters. The second-order valence-corrected chi connectivity index (χ2v) is 6.91. The van der Waals surface area contributed by atoms with Crippen LogP contribution in [0.15, 0.2) is 0 Å². The van der Waals surface area contributed by atoms with Crippen LogP contribution in [0.1, 0.15) is 33.1 Å². The molecule has 0 aliphatic carbocycles. The Balaban J connectivity index is 3.49. The van der Waals surface area contributed by atoms with Crippen LogP contribution in [0.2, 0.25) is 0 Å². The minimum Gasteiger partial charge on any atom is -0.316 e. The molecule has 0 aromatic carbocycles. The first kappa shape index (κ1) is 16.7. The standard InChI is InChI=1S/C10H20F3NO2S/c1-9(2)17(15,16)8-7-14-6-4-3-5-10(11,12)13/h9,14H,3-8H2,1-2H3. The van der Waals surface area contributed by atoms with Gasteiger partial charge >= 0.3 is 6.18 Å². The van der Waals surface area contributed by atoms with Gasteiger partial charge in [0, 0.05) is 13.0 Å². The Morgan fingerprint density at radius 3 is 2.18 bits per heavy atom. The van der Waals surface area contributed by atoms with Gasteiger partial charge in [-0.25, -0.2) is 8.42 Å². The summed E-state index contributed by atoms with van der Waals surface area (Å²) >= 11 is 0. The predicted molar refractivity (Wildman–Crippen MR) is 61.7 cm³/mol. The smallest absolute Gasteiger partial charge is 0.316 e. The fraction of sp³-hybridized carbons (Fsp3) is 1.00. The minimum atomic E-state index is -4.10. The molecule has 0 fully saturated rings. The Morgan fingerprint density at radius 1 is 1.12 bits per heavy atom. The molecule has 0 amide bonds. The molecular weight excluding hydrogens is 255 g/mol. The van der Waals surface area contributed by atoms with Gasteiger partial charge in [-0.1, -0.05) is 0 Å². The predicted octanol–water partition coefficient (Wildman–Crippen LogP) is 2.13. The monoisotopic (exact) mass is 275 g/mol. The lowest BCUT2D eigenvalue weighted by atomic mass is 10.2. The summed E-state index contributed by atoms with van der Waals surface area (Å²) in [7, 11) is -3.06. The molecule has 7 heteroatoms. The SMILES string of the molecule is CC(C)S(=O)(=O)CCNCCCCC(F)(F)F. The van der Waals surface area contributed by atoms with Crippen LogP contribution in [0.4, 0.5) is 13.2 Å². The summed E-state index contributed by atoms with van der Waals surface area (Å²) in [5.41, 5.74) is 0. The second kappa shape index (κ2) is 7.20. The van der Waals surface area contributed by atoms with Crippen molar-refractivity contribution in [3.05, 3.63) is 0 Å². The lowest BCUT2D eigenvalue weighted by Crippen LogP contribution is -2.27. The van der Waals surface area contributed by atoms with Gasteiger partial charge in [-0.3, -0.25) is 0 Å². The van der Waals surface area contributed by atoms with Crippen LogP contribution < -0.4 is 5.32 Å². The number of nitrogens with one attached hydrogen (secondary N) is 1. The summed E-state index contributed by atoms with van der Waals surface area (Å²) in [6, 6.07) is 0. The zero-order chi connectivity index (χ0) is 13.5. The Morgan fingerprint density at radius 2 is 1.71 bits per heavy atom. The van der Waals surface area contributed by atoms with Crippen LogP contribution in [0.3, 0.4) is 0 Å². The summed E-state index contributed by atoms with van der Waals surface area (Å²) in [6.45, 7) is 3.94. The van der Waals surface area contributed by atoms with E-state index in [1.165, 1.54) is 0 Å². The van der Waals surface area contributed by atoms with Gasteiger partial charge in [-0.15, -0.1) is 0 Å². The molecule has 0 bridgehead atoms. The van der Waals surface area contributed by atoms with E-state index in [0.717, 1.165) is 0 Å². The Bertz CT molecular complexity index is 299. The lowest BCUT2D eigenvalue weighted by molar-refractivity contribution is -0.135. The minimum absolute atomic E-state index is 0.0317. The topological polar surface area (TPSA) is 46.2 Å².